The van der Waals surface area contributed by atoms with Gasteiger partial charge in [-0.3, -0.25) is 0 Å². The second-order valence-electron chi connectivity index (χ2n) is 8.02. The normalized spacial score (nSPS) is 45.4. The molecule has 1 nitrogen and oxygen atoms in total. The van der Waals surface area contributed by atoms with Crippen LogP contribution in [-0.2, 0) is 0 Å². The van der Waals surface area contributed by atoms with E-state index < -0.39 is 0 Å². The Balaban J connectivity index is 1.70. The highest BCUT2D eigenvalue weighted by Gasteiger charge is 2.57. The number of nitrogens with two attached hydrogens (primary N) is 1. The molecule has 1 heteroatoms. The van der Waals surface area contributed by atoms with E-state index in [0.717, 1.165) is 11.8 Å². The molecule has 4 bridgehead atoms. The number of hydrogen-bond acceptors (Lipinski definition) is 1. The fraction of sp³-hybridized carbons (Fsp3) is 0.667. The third-order valence-corrected chi connectivity index (χ3v) is 6.22. The molecule has 0 amide bonds. The molecule has 0 spiro atoms. The van der Waals surface area contributed by atoms with E-state index in [1.54, 1.807) is 0 Å². The van der Waals surface area contributed by atoms with Crippen LogP contribution in [-0.4, -0.2) is 0 Å². The minimum Gasteiger partial charge on any atom is -0.323 e. The first kappa shape index (κ1) is 12.0. The summed E-state index contributed by atoms with van der Waals surface area (Å²) in [5, 5.41) is 0. The monoisotopic (exact) mass is 255 g/mol. The summed E-state index contributed by atoms with van der Waals surface area (Å²) < 4.78 is 0. The van der Waals surface area contributed by atoms with Crippen LogP contribution >= 0.6 is 0 Å². The molecule has 0 radical (unpaired) electrons. The maximum absolute atomic E-state index is 6.75. The molecule has 102 valence electrons. The molecule has 4 aliphatic rings. The molecular formula is C18H25N. The lowest BCUT2D eigenvalue weighted by molar-refractivity contribution is -0.113. The van der Waals surface area contributed by atoms with Crippen molar-refractivity contribution >= 4 is 0 Å². The number of hydrogen-bond donors (Lipinski definition) is 1. The van der Waals surface area contributed by atoms with Crippen LogP contribution in [0.2, 0.25) is 0 Å². The second-order valence-corrected chi connectivity index (χ2v) is 8.02. The van der Waals surface area contributed by atoms with Gasteiger partial charge in [-0.2, -0.15) is 0 Å². The van der Waals surface area contributed by atoms with Crippen molar-refractivity contribution in [1.29, 1.82) is 0 Å². The Bertz CT molecular complexity index is 464. The van der Waals surface area contributed by atoms with Gasteiger partial charge in [-0.1, -0.05) is 37.3 Å². The fourth-order valence-corrected chi connectivity index (χ4v) is 6.18. The molecular weight excluding hydrogens is 230 g/mol. The smallest absolute Gasteiger partial charge is 0.0352 e. The average Bonchev–Trinajstić information content (AvgIpc) is 2.36. The maximum Gasteiger partial charge on any atom is 0.0352 e. The molecule has 0 aromatic heterocycles. The van der Waals surface area contributed by atoms with Crippen molar-refractivity contribution in [3.8, 4) is 0 Å². The van der Waals surface area contributed by atoms with Crippen LogP contribution in [0.3, 0.4) is 0 Å². The Morgan fingerprint density at radius 2 is 1.68 bits per heavy atom. The quantitative estimate of drug-likeness (QED) is 0.838. The average molecular weight is 255 g/mol. The van der Waals surface area contributed by atoms with Gasteiger partial charge in [-0.15, -0.1) is 0 Å². The summed E-state index contributed by atoms with van der Waals surface area (Å²) in [4.78, 5) is 0. The van der Waals surface area contributed by atoms with Gasteiger partial charge in [-0.25, -0.2) is 0 Å². The van der Waals surface area contributed by atoms with Gasteiger partial charge in [0.05, 0.1) is 0 Å². The molecule has 5 rings (SSSR count). The first-order valence-electron chi connectivity index (χ1n) is 7.89. The highest BCUT2D eigenvalue weighted by molar-refractivity contribution is 5.23. The van der Waals surface area contributed by atoms with E-state index in [-0.39, 0.29) is 6.04 Å². The predicted molar refractivity (Wildman–Crippen MR) is 78.6 cm³/mol. The molecule has 0 heterocycles. The maximum atomic E-state index is 6.75. The largest absolute Gasteiger partial charge is 0.323 e. The molecule has 4 saturated carbocycles. The van der Waals surface area contributed by atoms with Gasteiger partial charge in [0.2, 0.25) is 0 Å². The Kier molecular flexibility index (Phi) is 2.42. The highest BCUT2D eigenvalue weighted by Crippen LogP contribution is 2.67. The third-order valence-electron chi connectivity index (χ3n) is 6.22. The van der Waals surface area contributed by atoms with Crippen molar-refractivity contribution in [2.75, 3.05) is 0 Å². The van der Waals surface area contributed by atoms with Crippen molar-refractivity contribution in [1.82, 2.24) is 0 Å². The van der Waals surface area contributed by atoms with E-state index in [0.29, 0.717) is 10.8 Å². The van der Waals surface area contributed by atoms with E-state index in [1.165, 1.54) is 44.1 Å². The molecule has 1 aromatic rings. The SMILES string of the molecule is CC12CC3CC(C1)CC(C(N)c1ccccc1)(C3)C2. The van der Waals surface area contributed by atoms with Crippen molar-refractivity contribution in [3.05, 3.63) is 35.9 Å². The summed E-state index contributed by atoms with van der Waals surface area (Å²) in [7, 11) is 0. The summed E-state index contributed by atoms with van der Waals surface area (Å²) in [6, 6.07) is 11.1. The Morgan fingerprint density at radius 1 is 1.05 bits per heavy atom. The van der Waals surface area contributed by atoms with Gasteiger partial charge < -0.3 is 5.73 Å². The second kappa shape index (κ2) is 3.85. The van der Waals surface area contributed by atoms with Gasteiger partial charge in [0.25, 0.3) is 0 Å². The van der Waals surface area contributed by atoms with Crippen LogP contribution in [0.1, 0.15) is 57.1 Å². The molecule has 3 unspecified atom stereocenters. The standard InChI is InChI=1S/C18H25N/c1-17-8-13-7-14(9-17)11-18(10-13,12-17)16(19)15-5-3-2-4-6-15/h2-6,13-14,16H,7-12,19H2,1H3. The van der Waals surface area contributed by atoms with Gasteiger partial charge in [0.1, 0.15) is 0 Å². The van der Waals surface area contributed by atoms with Gasteiger partial charge in [-0.05, 0) is 66.8 Å². The number of rotatable bonds is 2. The molecule has 4 aliphatic carbocycles. The Morgan fingerprint density at radius 3 is 2.26 bits per heavy atom. The zero-order valence-corrected chi connectivity index (χ0v) is 11.9. The lowest BCUT2D eigenvalue weighted by atomic mass is 9.43. The summed E-state index contributed by atoms with van der Waals surface area (Å²) in [5.41, 5.74) is 9.10. The first-order chi connectivity index (χ1) is 9.09. The van der Waals surface area contributed by atoms with Gasteiger partial charge >= 0.3 is 0 Å². The first-order valence-corrected chi connectivity index (χ1v) is 7.89. The van der Waals surface area contributed by atoms with E-state index in [2.05, 4.69) is 37.3 Å². The minimum absolute atomic E-state index is 0.249. The van der Waals surface area contributed by atoms with Crippen LogP contribution in [0.25, 0.3) is 0 Å². The molecule has 2 N–H and O–H groups in total. The summed E-state index contributed by atoms with van der Waals surface area (Å²) in [6.07, 6.45) is 8.55. The van der Waals surface area contributed by atoms with Crippen LogP contribution in [0.5, 0.6) is 0 Å². The molecule has 4 fully saturated rings. The van der Waals surface area contributed by atoms with E-state index in [4.69, 9.17) is 5.73 Å². The molecule has 1 aromatic carbocycles. The van der Waals surface area contributed by atoms with Crippen LogP contribution in [0.4, 0.5) is 0 Å². The summed E-state index contributed by atoms with van der Waals surface area (Å²) in [5.74, 6) is 1.92. The van der Waals surface area contributed by atoms with Gasteiger partial charge in [0.15, 0.2) is 0 Å². The van der Waals surface area contributed by atoms with E-state index in [9.17, 15) is 0 Å². The van der Waals surface area contributed by atoms with Crippen molar-refractivity contribution in [2.45, 2.75) is 51.5 Å². The van der Waals surface area contributed by atoms with E-state index in [1.807, 2.05) is 0 Å². The number of benzene rings is 1. The Hall–Kier alpha value is -0.820. The fourth-order valence-electron chi connectivity index (χ4n) is 6.18. The minimum atomic E-state index is 0.249. The molecule has 0 aliphatic heterocycles. The third kappa shape index (κ3) is 1.78. The predicted octanol–water partition coefficient (Wildman–Crippen LogP) is 4.29. The van der Waals surface area contributed by atoms with Crippen LogP contribution in [0.15, 0.2) is 30.3 Å². The molecule has 19 heavy (non-hydrogen) atoms. The summed E-state index contributed by atoms with van der Waals surface area (Å²) >= 11 is 0. The van der Waals surface area contributed by atoms with Gasteiger partial charge in [0, 0.05) is 6.04 Å². The van der Waals surface area contributed by atoms with Crippen molar-refractivity contribution in [3.63, 3.8) is 0 Å². The van der Waals surface area contributed by atoms with Crippen LogP contribution < -0.4 is 5.73 Å². The molecule has 0 saturated heterocycles. The Labute approximate surface area is 116 Å². The topological polar surface area (TPSA) is 26.0 Å². The highest BCUT2D eigenvalue weighted by atomic mass is 14.7. The lowest BCUT2D eigenvalue weighted by Crippen LogP contribution is -2.54. The lowest BCUT2D eigenvalue weighted by Gasteiger charge is -2.63. The zero-order valence-electron chi connectivity index (χ0n) is 11.9. The van der Waals surface area contributed by atoms with Crippen molar-refractivity contribution < 1.29 is 0 Å². The van der Waals surface area contributed by atoms with Crippen LogP contribution in [0, 0.1) is 22.7 Å². The van der Waals surface area contributed by atoms with E-state index >= 15 is 0 Å². The molecule has 3 atom stereocenters. The summed E-state index contributed by atoms with van der Waals surface area (Å²) in [6.45, 7) is 2.52. The zero-order chi connectivity index (χ0) is 13.1. The van der Waals surface area contributed by atoms with Crippen molar-refractivity contribution in [2.24, 2.45) is 28.4 Å².